The molecule has 4 nitrogen and oxygen atoms in total. The van der Waals surface area contributed by atoms with Crippen LogP contribution in [-0.4, -0.2) is 14.5 Å². The van der Waals surface area contributed by atoms with Crippen LogP contribution in [0.5, 0.6) is 0 Å². The molecule has 0 aliphatic carbocycles. The standard InChI is InChI=1S/C11H16N4S/c1-7-6-15(4)11(13-7)14-9(3)10-12-5-8(2)16-10/h5-6,9H,1-4H3,(H,13,14). The summed E-state index contributed by atoms with van der Waals surface area (Å²) in [5.74, 6) is 0.887. The quantitative estimate of drug-likeness (QED) is 0.891. The summed E-state index contributed by atoms with van der Waals surface area (Å²) in [4.78, 5) is 10.0. The van der Waals surface area contributed by atoms with Crippen molar-refractivity contribution < 1.29 is 0 Å². The Kier molecular flexibility index (Phi) is 2.96. The molecule has 0 amide bonds. The average molecular weight is 236 g/mol. The molecule has 0 spiro atoms. The summed E-state index contributed by atoms with van der Waals surface area (Å²) in [5, 5.41) is 4.46. The molecule has 1 N–H and O–H groups in total. The van der Waals surface area contributed by atoms with Crippen LogP contribution in [0.15, 0.2) is 12.4 Å². The lowest BCUT2D eigenvalue weighted by atomic mass is 10.4. The van der Waals surface area contributed by atoms with Crippen LogP contribution < -0.4 is 5.32 Å². The van der Waals surface area contributed by atoms with Crippen LogP contribution in [0.3, 0.4) is 0 Å². The van der Waals surface area contributed by atoms with Crippen LogP contribution in [0.4, 0.5) is 5.95 Å². The lowest BCUT2D eigenvalue weighted by Crippen LogP contribution is -2.09. The van der Waals surface area contributed by atoms with Crippen LogP contribution in [0.2, 0.25) is 0 Å². The number of nitrogens with zero attached hydrogens (tertiary/aromatic N) is 3. The maximum atomic E-state index is 4.41. The zero-order chi connectivity index (χ0) is 11.7. The van der Waals surface area contributed by atoms with Crippen molar-refractivity contribution in [1.29, 1.82) is 0 Å². The van der Waals surface area contributed by atoms with Crippen molar-refractivity contribution in [3.05, 3.63) is 28.0 Å². The zero-order valence-electron chi connectivity index (χ0n) is 9.98. The van der Waals surface area contributed by atoms with Crippen molar-refractivity contribution in [2.45, 2.75) is 26.8 Å². The van der Waals surface area contributed by atoms with Crippen molar-refractivity contribution in [3.63, 3.8) is 0 Å². The molecule has 2 heterocycles. The van der Waals surface area contributed by atoms with E-state index in [2.05, 4.69) is 29.1 Å². The van der Waals surface area contributed by atoms with Crippen molar-refractivity contribution in [3.8, 4) is 0 Å². The first-order valence-electron chi connectivity index (χ1n) is 5.25. The van der Waals surface area contributed by atoms with E-state index >= 15 is 0 Å². The van der Waals surface area contributed by atoms with Gasteiger partial charge in [0, 0.05) is 24.3 Å². The highest BCUT2D eigenvalue weighted by molar-refractivity contribution is 7.11. The lowest BCUT2D eigenvalue weighted by molar-refractivity contribution is 0.815. The van der Waals surface area contributed by atoms with Gasteiger partial charge in [-0.05, 0) is 20.8 Å². The molecular formula is C11H16N4S. The third-order valence-electron chi connectivity index (χ3n) is 2.35. The third kappa shape index (κ3) is 2.24. The van der Waals surface area contributed by atoms with Crippen molar-refractivity contribution in [2.24, 2.45) is 7.05 Å². The average Bonchev–Trinajstić information content (AvgIpc) is 2.74. The largest absolute Gasteiger partial charge is 0.347 e. The fourth-order valence-electron chi connectivity index (χ4n) is 1.58. The smallest absolute Gasteiger partial charge is 0.203 e. The Morgan fingerprint density at radius 2 is 2.19 bits per heavy atom. The molecule has 0 aliphatic heterocycles. The minimum Gasteiger partial charge on any atom is -0.347 e. The van der Waals surface area contributed by atoms with Crippen molar-refractivity contribution in [1.82, 2.24) is 14.5 Å². The van der Waals surface area contributed by atoms with E-state index in [1.54, 1.807) is 11.3 Å². The number of hydrogen-bond acceptors (Lipinski definition) is 4. The van der Waals surface area contributed by atoms with Gasteiger partial charge in [0.1, 0.15) is 5.01 Å². The van der Waals surface area contributed by atoms with Gasteiger partial charge in [0.25, 0.3) is 0 Å². The Morgan fingerprint density at radius 3 is 2.69 bits per heavy atom. The summed E-state index contributed by atoms with van der Waals surface area (Å²) in [6, 6.07) is 0.194. The molecule has 2 aromatic rings. The van der Waals surface area contributed by atoms with Gasteiger partial charge in [-0.15, -0.1) is 11.3 Å². The number of anilines is 1. The second-order valence-electron chi connectivity index (χ2n) is 3.99. The molecule has 2 aromatic heterocycles. The molecule has 16 heavy (non-hydrogen) atoms. The zero-order valence-corrected chi connectivity index (χ0v) is 10.8. The van der Waals surface area contributed by atoms with E-state index in [0.29, 0.717) is 0 Å². The molecule has 0 saturated carbocycles. The monoisotopic (exact) mass is 236 g/mol. The van der Waals surface area contributed by atoms with E-state index in [1.165, 1.54) is 4.88 Å². The van der Waals surface area contributed by atoms with E-state index in [1.807, 2.05) is 30.9 Å². The van der Waals surface area contributed by atoms with Crippen LogP contribution >= 0.6 is 11.3 Å². The van der Waals surface area contributed by atoms with E-state index in [-0.39, 0.29) is 6.04 Å². The summed E-state index contributed by atoms with van der Waals surface area (Å²) in [7, 11) is 1.99. The number of aryl methyl sites for hydroxylation is 3. The summed E-state index contributed by atoms with van der Waals surface area (Å²) in [6.07, 6.45) is 3.91. The number of hydrogen-bond donors (Lipinski definition) is 1. The van der Waals surface area contributed by atoms with E-state index in [4.69, 9.17) is 0 Å². The van der Waals surface area contributed by atoms with Gasteiger partial charge < -0.3 is 9.88 Å². The first-order valence-corrected chi connectivity index (χ1v) is 6.06. The normalized spacial score (nSPS) is 12.8. The lowest BCUT2D eigenvalue weighted by Gasteiger charge is -2.11. The number of nitrogens with one attached hydrogen (secondary N) is 1. The Balaban J connectivity index is 2.13. The van der Waals surface area contributed by atoms with Gasteiger partial charge in [-0.2, -0.15) is 0 Å². The van der Waals surface area contributed by atoms with Gasteiger partial charge >= 0.3 is 0 Å². The molecule has 2 rings (SSSR count). The molecule has 0 radical (unpaired) electrons. The Bertz CT molecular complexity index is 486. The first-order chi connectivity index (χ1) is 7.56. The second kappa shape index (κ2) is 4.25. The maximum Gasteiger partial charge on any atom is 0.203 e. The maximum absolute atomic E-state index is 4.41. The third-order valence-corrected chi connectivity index (χ3v) is 3.45. The summed E-state index contributed by atoms with van der Waals surface area (Å²) in [6.45, 7) is 6.16. The fourth-order valence-corrected chi connectivity index (χ4v) is 2.35. The van der Waals surface area contributed by atoms with Gasteiger partial charge in [0.05, 0.1) is 11.7 Å². The van der Waals surface area contributed by atoms with Crippen molar-refractivity contribution in [2.75, 3.05) is 5.32 Å². The van der Waals surface area contributed by atoms with Gasteiger partial charge in [-0.25, -0.2) is 9.97 Å². The molecule has 86 valence electrons. The molecule has 5 heteroatoms. The molecule has 0 saturated heterocycles. The van der Waals surface area contributed by atoms with Gasteiger partial charge in [0.15, 0.2) is 0 Å². The molecule has 1 atom stereocenters. The molecule has 0 aliphatic rings. The van der Waals surface area contributed by atoms with Crippen LogP contribution in [0.25, 0.3) is 0 Å². The van der Waals surface area contributed by atoms with Crippen LogP contribution in [-0.2, 0) is 7.05 Å². The van der Waals surface area contributed by atoms with Gasteiger partial charge in [-0.1, -0.05) is 0 Å². The Morgan fingerprint density at radius 1 is 1.44 bits per heavy atom. The SMILES string of the molecule is Cc1cn(C)c(NC(C)c2ncc(C)s2)n1. The molecule has 1 unspecified atom stereocenters. The highest BCUT2D eigenvalue weighted by atomic mass is 32.1. The van der Waals surface area contributed by atoms with E-state index in [0.717, 1.165) is 16.6 Å². The van der Waals surface area contributed by atoms with Gasteiger partial charge in [0.2, 0.25) is 5.95 Å². The molecule has 0 bridgehead atoms. The summed E-state index contributed by atoms with van der Waals surface area (Å²) < 4.78 is 1.99. The fraction of sp³-hybridized carbons (Fsp3) is 0.455. The number of aromatic nitrogens is 3. The van der Waals surface area contributed by atoms with Crippen LogP contribution in [0, 0.1) is 13.8 Å². The number of thiazole rings is 1. The summed E-state index contributed by atoms with van der Waals surface area (Å²) in [5.41, 5.74) is 1.02. The van der Waals surface area contributed by atoms with E-state index < -0.39 is 0 Å². The predicted molar refractivity (Wildman–Crippen MR) is 66.8 cm³/mol. The topological polar surface area (TPSA) is 42.7 Å². The molecule has 0 aromatic carbocycles. The van der Waals surface area contributed by atoms with E-state index in [9.17, 15) is 0 Å². The Labute approximate surface area is 99.4 Å². The van der Waals surface area contributed by atoms with Gasteiger partial charge in [-0.3, -0.25) is 0 Å². The molecule has 0 fully saturated rings. The summed E-state index contributed by atoms with van der Waals surface area (Å²) >= 11 is 1.72. The number of imidazole rings is 1. The highest BCUT2D eigenvalue weighted by Crippen LogP contribution is 2.22. The van der Waals surface area contributed by atoms with Crippen LogP contribution in [0.1, 0.15) is 28.5 Å². The van der Waals surface area contributed by atoms with Crippen molar-refractivity contribution >= 4 is 17.3 Å². The minimum absolute atomic E-state index is 0.194. The highest BCUT2D eigenvalue weighted by Gasteiger charge is 2.11. The second-order valence-corrected chi connectivity index (χ2v) is 5.26. The predicted octanol–water partition coefficient (Wildman–Crippen LogP) is 2.67. The minimum atomic E-state index is 0.194. The molecular weight excluding hydrogens is 220 g/mol. The first kappa shape index (κ1) is 11.1. The number of rotatable bonds is 3. The Hall–Kier alpha value is -1.36.